The molecular weight excluding hydrogens is 266 g/mol. The van der Waals surface area contributed by atoms with Gasteiger partial charge in [0.15, 0.2) is 0 Å². The van der Waals surface area contributed by atoms with Crippen LogP contribution in [0.2, 0.25) is 0 Å². The highest BCUT2D eigenvalue weighted by molar-refractivity contribution is 5.39. The van der Waals surface area contributed by atoms with Crippen LogP contribution in [0, 0.1) is 5.41 Å². The van der Waals surface area contributed by atoms with Gasteiger partial charge in [0, 0.05) is 19.6 Å². The molecule has 6 nitrogen and oxygen atoms in total. The summed E-state index contributed by atoms with van der Waals surface area (Å²) in [5.41, 5.74) is 0.299. The topological polar surface area (TPSA) is 63.2 Å². The lowest BCUT2D eigenvalue weighted by molar-refractivity contribution is 0.287. The lowest BCUT2D eigenvalue weighted by Crippen LogP contribution is -2.41. The summed E-state index contributed by atoms with van der Waals surface area (Å²) < 4.78 is 5.48. The van der Waals surface area contributed by atoms with Crippen LogP contribution in [0.15, 0.2) is 0 Å². The number of rotatable bonds is 6. The minimum absolute atomic E-state index is 0.299. The van der Waals surface area contributed by atoms with Crippen molar-refractivity contribution in [3.63, 3.8) is 0 Å². The van der Waals surface area contributed by atoms with Crippen LogP contribution in [-0.2, 0) is 0 Å². The van der Waals surface area contributed by atoms with E-state index < -0.39 is 0 Å². The second-order valence-corrected chi connectivity index (χ2v) is 6.29. The molecule has 1 saturated heterocycles. The van der Waals surface area contributed by atoms with E-state index in [9.17, 15) is 0 Å². The molecule has 1 fully saturated rings. The first-order valence-electron chi connectivity index (χ1n) is 7.92. The van der Waals surface area contributed by atoms with Gasteiger partial charge in [-0.1, -0.05) is 20.8 Å². The highest BCUT2D eigenvalue weighted by atomic mass is 16.5. The van der Waals surface area contributed by atoms with Crippen LogP contribution in [0.1, 0.15) is 47.0 Å². The number of anilines is 2. The summed E-state index contributed by atoms with van der Waals surface area (Å²) in [4.78, 5) is 15.6. The third-order valence-corrected chi connectivity index (χ3v) is 3.59. The first-order chi connectivity index (χ1) is 10.0. The van der Waals surface area contributed by atoms with Gasteiger partial charge in [-0.2, -0.15) is 15.0 Å². The molecule has 1 N–H and O–H groups in total. The maximum absolute atomic E-state index is 5.48. The predicted octanol–water partition coefficient (Wildman–Crippen LogP) is 2.72. The zero-order valence-electron chi connectivity index (χ0n) is 13.6. The molecule has 0 spiro atoms. The van der Waals surface area contributed by atoms with Gasteiger partial charge >= 0.3 is 6.01 Å². The molecule has 1 aliphatic heterocycles. The SMILES string of the molecule is CCCNc1nc(OCC)nc(N2CCCC(C)(C)C2)n1. The minimum atomic E-state index is 0.299. The zero-order valence-corrected chi connectivity index (χ0v) is 13.6. The molecule has 0 aliphatic carbocycles. The van der Waals surface area contributed by atoms with E-state index in [-0.39, 0.29) is 0 Å². The first kappa shape index (κ1) is 15.8. The fourth-order valence-corrected chi connectivity index (χ4v) is 2.59. The Morgan fingerprint density at radius 2 is 2.05 bits per heavy atom. The van der Waals surface area contributed by atoms with E-state index in [1.165, 1.54) is 12.8 Å². The Kier molecular flexibility index (Phi) is 5.20. The van der Waals surface area contributed by atoms with Crippen LogP contribution in [0.5, 0.6) is 6.01 Å². The monoisotopic (exact) mass is 293 g/mol. The van der Waals surface area contributed by atoms with Crippen LogP contribution < -0.4 is 15.0 Å². The molecule has 0 bridgehead atoms. The summed E-state index contributed by atoms with van der Waals surface area (Å²) in [6, 6.07) is 0.407. The quantitative estimate of drug-likeness (QED) is 0.870. The van der Waals surface area contributed by atoms with Crippen molar-refractivity contribution in [2.75, 3.05) is 36.5 Å². The Morgan fingerprint density at radius 3 is 2.71 bits per heavy atom. The van der Waals surface area contributed by atoms with Crippen LogP contribution in [0.4, 0.5) is 11.9 Å². The maximum Gasteiger partial charge on any atom is 0.323 e. The van der Waals surface area contributed by atoms with Gasteiger partial charge in [0.05, 0.1) is 6.61 Å². The van der Waals surface area contributed by atoms with Crippen molar-refractivity contribution in [2.45, 2.75) is 47.0 Å². The van der Waals surface area contributed by atoms with E-state index in [0.717, 1.165) is 32.0 Å². The summed E-state index contributed by atoms with van der Waals surface area (Å²) in [7, 11) is 0. The molecule has 2 rings (SSSR count). The van der Waals surface area contributed by atoms with Gasteiger partial charge in [0.25, 0.3) is 0 Å². The molecule has 6 heteroatoms. The van der Waals surface area contributed by atoms with Gasteiger partial charge in [0.1, 0.15) is 0 Å². The predicted molar refractivity (Wildman–Crippen MR) is 85.0 cm³/mol. The normalized spacial score (nSPS) is 17.6. The maximum atomic E-state index is 5.48. The average Bonchev–Trinajstić information content (AvgIpc) is 2.44. The molecule has 0 atom stereocenters. The third kappa shape index (κ3) is 4.44. The standard InChI is InChI=1S/C15H27N5O/c1-5-9-16-12-17-13(19-14(18-12)21-6-2)20-10-7-8-15(3,4)11-20/h5-11H2,1-4H3,(H,16,17,18,19). The Balaban J connectivity index is 2.21. The summed E-state index contributed by atoms with van der Waals surface area (Å²) in [6.07, 6.45) is 3.44. The number of nitrogens with zero attached hydrogens (tertiary/aromatic N) is 4. The number of hydrogen-bond acceptors (Lipinski definition) is 6. The third-order valence-electron chi connectivity index (χ3n) is 3.59. The molecule has 0 unspecified atom stereocenters. The first-order valence-corrected chi connectivity index (χ1v) is 7.92. The van der Waals surface area contributed by atoms with Crippen LogP contribution in [-0.4, -0.2) is 41.2 Å². The Morgan fingerprint density at radius 1 is 1.24 bits per heavy atom. The van der Waals surface area contributed by atoms with E-state index in [1.54, 1.807) is 0 Å². The van der Waals surface area contributed by atoms with Gasteiger partial charge < -0.3 is 15.0 Å². The molecule has 0 saturated carbocycles. The lowest BCUT2D eigenvalue weighted by atomic mass is 9.84. The number of nitrogens with one attached hydrogen (secondary N) is 1. The highest BCUT2D eigenvalue weighted by Crippen LogP contribution is 2.30. The average molecular weight is 293 g/mol. The lowest BCUT2D eigenvalue weighted by Gasteiger charge is -2.38. The number of piperidine rings is 1. The molecule has 0 aromatic carbocycles. The van der Waals surface area contributed by atoms with Gasteiger partial charge in [-0.05, 0) is 31.6 Å². The molecule has 2 heterocycles. The van der Waals surface area contributed by atoms with Crippen LogP contribution >= 0.6 is 0 Å². The summed E-state index contributed by atoms with van der Waals surface area (Å²) in [5.74, 6) is 1.33. The molecule has 21 heavy (non-hydrogen) atoms. The smallest absolute Gasteiger partial charge is 0.323 e. The van der Waals surface area contributed by atoms with Gasteiger partial charge in [-0.3, -0.25) is 0 Å². The molecule has 1 aliphatic rings. The second-order valence-electron chi connectivity index (χ2n) is 6.29. The molecular formula is C15H27N5O. The molecule has 1 aromatic heterocycles. The van der Waals surface area contributed by atoms with Crippen LogP contribution in [0.25, 0.3) is 0 Å². The van der Waals surface area contributed by atoms with E-state index in [1.807, 2.05) is 6.92 Å². The Hall–Kier alpha value is -1.59. The molecule has 0 amide bonds. The van der Waals surface area contributed by atoms with Crippen molar-refractivity contribution in [1.29, 1.82) is 0 Å². The van der Waals surface area contributed by atoms with Gasteiger partial charge in [-0.15, -0.1) is 0 Å². The van der Waals surface area contributed by atoms with Crippen molar-refractivity contribution in [1.82, 2.24) is 15.0 Å². The van der Waals surface area contributed by atoms with E-state index >= 15 is 0 Å². The zero-order chi connectivity index (χ0) is 15.3. The molecule has 1 aromatic rings. The number of hydrogen-bond donors (Lipinski definition) is 1. The highest BCUT2D eigenvalue weighted by Gasteiger charge is 2.28. The minimum Gasteiger partial charge on any atom is -0.464 e. The number of aromatic nitrogens is 3. The van der Waals surface area contributed by atoms with Crippen molar-refractivity contribution in [3.8, 4) is 6.01 Å². The van der Waals surface area contributed by atoms with Crippen molar-refractivity contribution < 1.29 is 4.74 Å². The van der Waals surface area contributed by atoms with E-state index in [4.69, 9.17) is 4.74 Å². The Labute approximate surface area is 127 Å². The summed E-state index contributed by atoms with van der Waals surface area (Å²) in [5, 5.41) is 3.22. The van der Waals surface area contributed by atoms with Crippen LogP contribution in [0.3, 0.4) is 0 Å². The van der Waals surface area contributed by atoms with Crippen molar-refractivity contribution in [2.24, 2.45) is 5.41 Å². The molecule has 0 radical (unpaired) electrons. The van der Waals surface area contributed by atoms with Crippen molar-refractivity contribution >= 4 is 11.9 Å². The summed E-state index contributed by atoms with van der Waals surface area (Å²) in [6.45, 7) is 12.0. The second kappa shape index (κ2) is 6.91. The molecule has 118 valence electrons. The van der Waals surface area contributed by atoms with E-state index in [0.29, 0.717) is 24.0 Å². The Bertz CT molecular complexity index is 463. The van der Waals surface area contributed by atoms with E-state index in [2.05, 4.69) is 45.9 Å². The summed E-state index contributed by atoms with van der Waals surface area (Å²) >= 11 is 0. The fourth-order valence-electron chi connectivity index (χ4n) is 2.59. The van der Waals surface area contributed by atoms with Crippen molar-refractivity contribution in [3.05, 3.63) is 0 Å². The van der Waals surface area contributed by atoms with Gasteiger partial charge in [-0.25, -0.2) is 0 Å². The fraction of sp³-hybridized carbons (Fsp3) is 0.800. The van der Waals surface area contributed by atoms with Gasteiger partial charge in [0.2, 0.25) is 11.9 Å². The number of ether oxygens (including phenoxy) is 1. The largest absolute Gasteiger partial charge is 0.464 e.